The molecule has 3 amide bonds. The van der Waals surface area contributed by atoms with E-state index < -0.39 is 29.6 Å². The van der Waals surface area contributed by atoms with Crippen molar-refractivity contribution < 1.29 is 19.1 Å². The van der Waals surface area contributed by atoms with Gasteiger partial charge in [0.15, 0.2) is 0 Å². The zero-order valence-corrected chi connectivity index (χ0v) is 18.0. The van der Waals surface area contributed by atoms with Gasteiger partial charge in [-0.15, -0.1) is 6.58 Å². The van der Waals surface area contributed by atoms with Gasteiger partial charge in [0.25, 0.3) is 0 Å². The summed E-state index contributed by atoms with van der Waals surface area (Å²) in [7, 11) is 0. The first-order valence-electron chi connectivity index (χ1n) is 11.5. The molecule has 2 saturated heterocycles. The number of amides is 3. The van der Waals surface area contributed by atoms with Crippen LogP contribution in [0.5, 0.6) is 0 Å². The van der Waals surface area contributed by atoms with Crippen LogP contribution in [0.3, 0.4) is 0 Å². The van der Waals surface area contributed by atoms with Crippen molar-refractivity contribution in [1.82, 2.24) is 15.5 Å². The molecule has 0 aromatic heterocycles. The zero-order chi connectivity index (χ0) is 22.3. The summed E-state index contributed by atoms with van der Waals surface area (Å²) >= 11 is 0. The molecule has 1 aromatic rings. The highest BCUT2D eigenvalue weighted by Crippen LogP contribution is 2.55. The first-order chi connectivity index (χ1) is 15.5. The number of likely N-dealkylation sites (tertiary alicyclic amines) is 1. The lowest BCUT2D eigenvalue weighted by Crippen LogP contribution is -2.56. The van der Waals surface area contributed by atoms with Crippen LogP contribution in [0, 0.1) is 11.8 Å². The van der Waals surface area contributed by atoms with Crippen LogP contribution in [0.1, 0.15) is 31.2 Å². The van der Waals surface area contributed by atoms with E-state index in [4.69, 9.17) is 4.74 Å². The van der Waals surface area contributed by atoms with E-state index in [0.29, 0.717) is 6.54 Å². The van der Waals surface area contributed by atoms with Gasteiger partial charge in [0, 0.05) is 19.1 Å². The predicted molar refractivity (Wildman–Crippen MR) is 118 cm³/mol. The second kappa shape index (κ2) is 8.20. The first kappa shape index (κ1) is 20.9. The number of nitrogens with one attached hydrogen (secondary N) is 2. The molecule has 5 atom stereocenters. The molecule has 1 spiro atoms. The van der Waals surface area contributed by atoms with Crippen molar-refractivity contribution >= 4 is 17.7 Å². The smallest absolute Gasteiger partial charge is 0.246 e. The number of ether oxygens (including phenoxy) is 1. The molecule has 1 aromatic carbocycles. The van der Waals surface area contributed by atoms with Crippen molar-refractivity contribution in [2.75, 3.05) is 6.54 Å². The van der Waals surface area contributed by atoms with E-state index in [2.05, 4.69) is 17.2 Å². The maximum atomic E-state index is 13.5. The molecule has 7 nitrogen and oxygen atoms in total. The Morgan fingerprint density at radius 2 is 1.94 bits per heavy atom. The summed E-state index contributed by atoms with van der Waals surface area (Å²) in [5, 5.41) is 6.09. The number of hydrogen-bond acceptors (Lipinski definition) is 4. The first-order valence-corrected chi connectivity index (χ1v) is 11.5. The minimum Gasteiger partial charge on any atom is -0.359 e. The predicted octanol–water partition coefficient (Wildman–Crippen LogP) is 1.70. The number of fused-ring (bicyclic) bond motifs is 1. The SMILES string of the molecule is C=CCN1C(=O)[C@@H]2[C@@H](C(=O)NCc3ccccc3)[C@H]3C=C[C@@]2(O3)[C@H]1C(=O)NC1CCCC1. The van der Waals surface area contributed by atoms with Gasteiger partial charge in [-0.3, -0.25) is 14.4 Å². The molecule has 0 radical (unpaired) electrons. The second-order valence-electron chi connectivity index (χ2n) is 9.17. The van der Waals surface area contributed by atoms with Gasteiger partial charge in [0.1, 0.15) is 11.6 Å². The van der Waals surface area contributed by atoms with Crippen LogP contribution in [0.4, 0.5) is 0 Å². The van der Waals surface area contributed by atoms with E-state index >= 15 is 0 Å². The standard InChI is InChI=1S/C25H29N3O4/c1-2-14-28-21(23(30)27-17-10-6-7-11-17)25-13-12-18(32-25)19(20(25)24(28)31)22(29)26-15-16-8-4-3-5-9-16/h2-5,8-9,12-13,17-21H,1,6-7,10-11,14-15H2,(H,26,29)(H,27,30)/t18-,19+,20+,21-,25+/m1/s1. The van der Waals surface area contributed by atoms with E-state index in [9.17, 15) is 14.4 Å². The van der Waals surface area contributed by atoms with Gasteiger partial charge in [-0.05, 0) is 18.4 Å². The minimum atomic E-state index is -1.11. The fraction of sp³-hybridized carbons (Fsp3) is 0.480. The number of rotatable bonds is 7. The third-order valence-electron chi connectivity index (χ3n) is 7.26. The molecule has 2 bridgehead atoms. The minimum absolute atomic E-state index is 0.131. The maximum Gasteiger partial charge on any atom is 0.246 e. The highest BCUT2D eigenvalue weighted by molar-refractivity contribution is 6.00. The molecule has 1 aliphatic carbocycles. The summed E-state index contributed by atoms with van der Waals surface area (Å²) in [6.45, 7) is 4.38. The Bertz CT molecular complexity index is 955. The number of hydrogen-bond donors (Lipinski definition) is 2. The van der Waals surface area contributed by atoms with Crippen molar-refractivity contribution in [3.05, 3.63) is 60.7 Å². The van der Waals surface area contributed by atoms with Gasteiger partial charge in [-0.2, -0.15) is 0 Å². The third-order valence-corrected chi connectivity index (χ3v) is 7.26. The summed E-state index contributed by atoms with van der Waals surface area (Å²) < 4.78 is 6.29. The van der Waals surface area contributed by atoms with Crippen LogP contribution >= 0.6 is 0 Å². The van der Waals surface area contributed by atoms with Crippen molar-refractivity contribution in [2.24, 2.45) is 11.8 Å². The molecule has 4 aliphatic rings. The van der Waals surface area contributed by atoms with E-state index in [-0.39, 0.29) is 30.3 Å². The lowest BCUT2D eigenvalue weighted by molar-refractivity contribution is -0.141. The molecule has 3 aliphatic heterocycles. The fourth-order valence-electron chi connectivity index (χ4n) is 5.86. The van der Waals surface area contributed by atoms with Crippen LogP contribution in [0.2, 0.25) is 0 Å². The molecular weight excluding hydrogens is 406 g/mol. The number of nitrogens with zero attached hydrogens (tertiary/aromatic N) is 1. The topological polar surface area (TPSA) is 87.7 Å². The van der Waals surface area contributed by atoms with Gasteiger partial charge < -0.3 is 20.3 Å². The summed E-state index contributed by atoms with van der Waals surface area (Å²) in [4.78, 5) is 41.6. The summed E-state index contributed by atoms with van der Waals surface area (Å²) in [6.07, 6.45) is 8.88. The molecule has 2 N–H and O–H groups in total. The van der Waals surface area contributed by atoms with E-state index in [0.717, 1.165) is 31.2 Å². The van der Waals surface area contributed by atoms with Crippen LogP contribution < -0.4 is 10.6 Å². The molecule has 0 unspecified atom stereocenters. The lowest BCUT2D eigenvalue weighted by Gasteiger charge is -2.32. The highest BCUT2D eigenvalue weighted by atomic mass is 16.5. The van der Waals surface area contributed by atoms with E-state index in [1.165, 1.54) is 4.90 Å². The fourth-order valence-corrected chi connectivity index (χ4v) is 5.86. The lowest BCUT2D eigenvalue weighted by atomic mass is 9.74. The summed E-state index contributed by atoms with van der Waals surface area (Å²) in [5.41, 5.74) is -0.127. The number of carbonyl (C=O) groups excluding carboxylic acids is 3. The van der Waals surface area contributed by atoms with Gasteiger partial charge in [0.2, 0.25) is 17.7 Å². The summed E-state index contributed by atoms with van der Waals surface area (Å²) in [5.74, 6) is -2.02. The largest absolute Gasteiger partial charge is 0.359 e. The molecule has 7 heteroatoms. The number of benzene rings is 1. The molecule has 3 fully saturated rings. The van der Waals surface area contributed by atoms with Crippen LogP contribution in [0.25, 0.3) is 0 Å². The third kappa shape index (κ3) is 3.26. The average molecular weight is 436 g/mol. The average Bonchev–Trinajstić information content (AvgIpc) is 3.56. The normalized spacial score (nSPS) is 32.9. The Kier molecular flexibility index (Phi) is 5.37. The number of carbonyl (C=O) groups is 3. The van der Waals surface area contributed by atoms with Crippen LogP contribution in [0.15, 0.2) is 55.1 Å². The van der Waals surface area contributed by atoms with Crippen molar-refractivity contribution in [3.8, 4) is 0 Å². The monoisotopic (exact) mass is 435 g/mol. The molecular formula is C25H29N3O4. The molecule has 168 valence electrons. The van der Waals surface area contributed by atoms with Crippen molar-refractivity contribution in [1.29, 1.82) is 0 Å². The molecule has 5 rings (SSSR count). The zero-order valence-electron chi connectivity index (χ0n) is 18.0. The Morgan fingerprint density at radius 1 is 1.19 bits per heavy atom. The Balaban J connectivity index is 1.39. The second-order valence-corrected chi connectivity index (χ2v) is 9.17. The van der Waals surface area contributed by atoms with Gasteiger partial charge in [-0.1, -0.05) is 61.4 Å². The summed E-state index contributed by atoms with van der Waals surface area (Å²) in [6, 6.07) is 8.97. The van der Waals surface area contributed by atoms with Gasteiger partial charge in [0.05, 0.1) is 17.9 Å². The Hall–Kier alpha value is -2.93. The van der Waals surface area contributed by atoms with E-state index in [1.807, 2.05) is 42.5 Å². The Labute approximate surface area is 187 Å². The molecule has 1 saturated carbocycles. The Morgan fingerprint density at radius 3 is 2.66 bits per heavy atom. The van der Waals surface area contributed by atoms with Crippen LogP contribution in [-0.2, 0) is 25.7 Å². The van der Waals surface area contributed by atoms with Gasteiger partial charge >= 0.3 is 0 Å². The van der Waals surface area contributed by atoms with Gasteiger partial charge in [-0.25, -0.2) is 0 Å². The molecule has 32 heavy (non-hydrogen) atoms. The van der Waals surface area contributed by atoms with E-state index in [1.54, 1.807) is 6.08 Å². The maximum absolute atomic E-state index is 13.5. The van der Waals surface area contributed by atoms with Crippen LogP contribution in [-0.4, -0.2) is 53.0 Å². The molecule has 3 heterocycles. The highest BCUT2D eigenvalue weighted by Gasteiger charge is 2.72. The van der Waals surface area contributed by atoms with Crippen molar-refractivity contribution in [2.45, 2.75) is 56.0 Å². The van der Waals surface area contributed by atoms with Crippen molar-refractivity contribution in [3.63, 3.8) is 0 Å². The quantitative estimate of drug-likeness (QED) is 0.638.